The van der Waals surface area contributed by atoms with Gasteiger partial charge in [0.05, 0.1) is 19.3 Å². The third-order valence-electron chi connectivity index (χ3n) is 6.67. The molecule has 0 saturated carbocycles. The number of anilines is 1. The monoisotopic (exact) mass is 490 g/mol. The van der Waals surface area contributed by atoms with Gasteiger partial charge < -0.3 is 15.0 Å². The van der Waals surface area contributed by atoms with Gasteiger partial charge in [0.25, 0.3) is 5.91 Å². The highest BCUT2D eigenvalue weighted by atomic mass is 19.4. The second-order valence-corrected chi connectivity index (χ2v) is 9.14. The Kier molecular flexibility index (Phi) is 6.93. The number of benzene rings is 2. The molecule has 4 rings (SSSR count). The van der Waals surface area contributed by atoms with Crippen molar-refractivity contribution in [1.29, 1.82) is 0 Å². The number of rotatable bonds is 7. The standard InChI is InChI=1S/C25H29F3N4O3/c1-24(11-10-18-6-8-21(35-2)9-7-18)22(33)32(23(34)29-24)17-30-12-14-31(15-13-30)20-5-3-4-19(16-20)25(26,27)28/h3-9,16H,10-15,17H2,1-2H3,(H,29,34). The van der Waals surface area contributed by atoms with Crippen LogP contribution < -0.4 is 15.0 Å². The Morgan fingerprint density at radius 2 is 1.71 bits per heavy atom. The molecule has 2 aliphatic heterocycles. The van der Waals surface area contributed by atoms with Crippen molar-refractivity contribution in [3.8, 4) is 5.75 Å². The quantitative estimate of drug-likeness (QED) is 0.600. The Morgan fingerprint density at radius 3 is 2.34 bits per heavy atom. The zero-order chi connectivity index (χ0) is 25.2. The Balaban J connectivity index is 1.32. The summed E-state index contributed by atoms with van der Waals surface area (Å²) in [5, 5.41) is 2.84. The van der Waals surface area contributed by atoms with Gasteiger partial charge in [0.1, 0.15) is 11.3 Å². The van der Waals surface area contributed by atoms with E-state index in [1.54, 1.807) is 20.1 Å². The second kappa shape index (κ2) is 9.77. The summed E-state index contributed by atoms with van der Waals surface area (Å²) in [5.74, 6) is 0.487. The molecule has 2 aromatic rings. The summed E-state index contributed by atoms with van der Waals surface area (Å²) in [7, 11) is 1.60. The molecule has 0 aliphatic carbocycles. The van der Waals surface area contributed by atoms with Crippen LogP contribution in [0.2, 0.25) is 0 Å². The topological polar surface area (TPSA) is 65.1 Å². The number of alkyl halides is 3. The summed E-state index contributed by atoms with van der Waals surface area (Å²) < 4.78 is 44.3. The number of urea groups is 1. The minimum atomic E-state index is -4.39. The Bertz CT molecular complexity index is 1070. The zero-order valence-electron chi connectivity index (χ0n) is 19.8. The van der Waals surface area contributed by atoms with Crippen molar-refractivity contribution in [3.63, 3.8) is 0 Å². The summed E-state index contributed by atoms with van der Waals surface area (Å²) >= 11 is 0. The van der Waals surface area contributed by atoms with Gasteiger partial charge in [-0.15, -0.1) is 0 Å². The van der Waals surface area contributed by atoms with Crippen molar-refractivity contribution >= 4 is 17.6 Å². The molecule has 1 N–H and O–H groups in total. The molecule has 35 heavy (non-hydrogen) atoms. The molecule has 0 bridgehead atoms. The van der Waals surface area contributed by atoms with Crippen molar-refractivity contribution in [3.05, 3.63) is 59.7 Å². The van der Waals surface area contributed by atoms with E-state index in [0.717, 1.165) is 23.4 Å². The van der Waals surface area contributed by atoms with E-state index < -0.39 is 23.3 Å². The van der Waals surface area contributed by atoms with Crippen molar-refractivity contribution in [2.45, 2.75) is 31.5 Å². The number of piperazine rings is 1. The van der Waals surface area contributed by atoms with E-state index in [1.807, 2.05) is 34.1 Å². The molecule has 1 unspecified atom stereocenters. The lowest BCUT2D eigenvalue weighted by molar-refractivity contribution is -0.137. The summed E-state index contributed by atoms with van der Waals surface area (Å²) in [6, 6.07) is 12.4. The van der Waals surface area contributed by atoms with Crippen LogP contribution in [0.1, 0.15) is 24.5 Å². The lowest BCUT2D eigenvalue weighted by Gasteiger charge is -2.37. The maximum Gasteiger partial charge on any atom is 0.416 e. The van der Waals surface area contributed by atoms with Gasteiger partial charge in [0.2, 0.25) is 0 Å². The molecule has 0 radical (unpaired) electrons. The molecular weight excluding hydrogens is 461 g/mol. The molecule has 188 valence electrons. The zero-order valence-corrected chi connectivity index (χ0v) is 19.8. The van der Waals surface area contributed by atoms with Crippen LogP contribution >= 0.6 is 0 Å². The van der Waals surface area contributed by atoms with E-state index in [2.05, 4.69) is 5.32 Å². The largest absolute Gasteiger partial charge is 0.497 e. The lowest BCUT2D eigenvalue weighted by Crippen LogP contribution is -2.52. The molecule has 7 nitrogen and oxygen atoms in total. The first kappa shape index (κ1) is 24.8. The van der Waals surface area contributed by atoms with Crippen LogP contribution in [0.4, 0.5) is 23.7 Å². The SMILES string of the molecule is COc1ccc(CCC2(C)NC(=O)N(CN3CCN(c4cccc(C(F)(F)F)c4)CC3)C2=O)cc1. The van der Waals surface area contributed by atoms with Crippen molar-refractivity contribution in [2.75, 3.05) is 44.9 Å². The molecule has 10 heteroatoms. The normalized spacial score (nSPS) is 21.4. The highest BCUT2D eigenvalue weighted by Crippen LogP contribution is 2.32. The lowest BCUT2D eigenvalue weighted by atomic mass is 9.93. The van der Waals surface area contributed by atoms with E-state index in [1.165, 1.54) is 11.0 Å². The maximum absolute atomic E-state index is 13.1. The predicted octanol–water partition coefficient (Wildman–Crippen LogP) is 3.74. The molecule has 2 saturated heterocycles. The van der Waals surface area contributed by atoms with Gasteiger partial charge in [-0.05, 0) is 55.7 Å². The third-order valence-corrected chi connectivity index (χ3v) is 6.67. The molecular formula is C25H29F3N4O3. The van der Waals surface area contributed by atoms with Crippen LogP contribution in [0, 0.1) is 0 Å². The first-order valence-corrected chi connectivity index (χ1v) is 11.5. The molecule has 2 aliphatic rings. The van der Waals surface area contributed by atoms with Crippen LogP contribution in [0.25, 0.3) is 0 Å². The molecule has 0 aromatic heterocycles. The number of ether oxygens (including phenoxy) is 1. The number of hydrogen-bond acceptors (Lipinski definition) is 5. The molecule has 2 fully saturated rings. The number of imide groups is 1. The van der Waals surface area contributed by atoms with Gasteiger partial charge in [-0.25, -0.2) is 9.69 Å². The Labute approximate surface area is 202 Å². The average molecular weight is 491 g/mol. The minimum Gasteiger partial charge on any atom is -0.497 e. The van der Waals surface area contributed by atoms with Crippen LogP contribution in [0.15, 0.2) is 48.5 Å². The molecule has 1 atom stereocenters. The number of hydrogen-bond donors (Lipinski definition) is 1. The second-order valence-electron chi connectivity index (χ2n) is 9.14. The van der Waals surface area contributed by atoms with E-state index in [-0.39, 0.29) is 12.6 Å². The van der Waals surface area contributed by atoms with Crippen molar-refractivity contribution < 1.29 is 27.5 Å². The van der Waals surface area contributed by atoms with Crippen LogP contribution in [0.3, 0.4) is 0 Å². The highest BCUT2D eigenvalue weighted by Gasteiger charge is 2.47. The summed E-state index contributed by atoms with van der Waals surface area (Å²) in [6.07, 6.45) is -3.30. The molecule has 2 heterocycles. The molecule has 3 amide bonds. The third kappa shape index (κ3) is 5.53. The number of nitrogens with zero attached hydrogens (tertiary/aromatic N) is 3. The smallest absolute Gasteiger partial charge is 0.416 e. The summed E-state index contributed by atoms with van der Waals surface area (Å²) in [5.41, 5.74) is -0.110. The summed E-state index contributed by atoms with van der Waals surface area (Å²) in [6.45, 7) is 3.94. The minimum absolute atomic E-state index is 0.152. The van der Waals surface area contributed by atoms with Gasteiger partial charge in [-0.1, -0.05) is 18.2 Å². The van der Waals surface area contributed by atoms with Gasteiger partial charge in [0.15, 0.2) is 0 Å². The van der Waals surface area contributed by atoms with Gasteiger partial charge in [0, 0.05) is 31.9 Å². The van der Waals surface area contributed by atoms with Crippen LogP contribution in [-0.4, -0.2) is 67.2 Å². The van der Waals surface area contributed by atoms with Gasteiger partial charge in [-0.2, -0.15) is 13.2 Å². The fourth-order valence-electron chi connectivity index (χ4n) is 4.46. The number of halogens is 3. The molecule has 0 spiro atoms. The van der Waals surface area contributed by atoms with Crippen LogP contribution in [-0.2, 0) is 17.4 Å². The highest BCUT2D eigenvalue weighted by molar-refractivity contribution is 6.06. The van der Waals surface area contributed by atoms with Crippen LogP contribution in [0.5, 0.6) is 5.75 Å². The van der Waals surface area contributed by atoms with Crippen molar-refractivity contribution in [2.24, 2.45) is 0 Å². The first-order chi connectivity index (χ1) is 16.6. The number of nitrogens with one attached hydrogen (secondary N) is 1. The first-order valence-electron chi connectivity index (χ1n) is 11.5. The van der Waals surface area contributed by atoms with Gasteiger partial charge in [-0.3, -0.25) is 9.69 Å². The summed E-state index contributed by atoms with van der Waals surface area (Å²) in [4.78, 5) is 30.8. The number of carbonyl (C=O) groups is 2. The van der Waals surface area contributed by atoms with Gasteiger partial charge >= 0.3 is 12.2 Å². The predicted molar refractivity (Wildman–Crippen MR) is 125 cm³/mol. The van der Waals surface area contributed by atoms with Crippen molar-refractivity contribution in [1.82, 2.24) is 15.1 Å². The average Bonchev–Trinajstić information content (AvgIpc) is 3.06. The van der Waals surface area contributed by atoms with E-state index in [9.17, 15) is 22.8 Å². The van der Waals surface area contributed by atoms with E-state index in [4.69, 9.17) is 4.74 Å². The maximum atomic E-state index is 13.1. The number of aryl methyl sites for hydroxylation is 1. The number of carbonyl (C=O) groups excluding carboxylic acids is 2. The Morgan fingerprint density at radius 1 is 1.03 bits per heavy atom. The number of methoxy groups -OCH3 is 1. The fraction of sp³-hybridized carbons (Fsp3) is 0.440. The molecule has 2 aromatic carbocycles. The fourth-order valence-corrected chi connectivity index (χ4v) is 4.46. The number of amides is 3. The van der Waals surface area contributed by atoms with E-state index >= 15 is 0 Å². The van der Waals surface area contributed by atoms with E-state index in [0.29, 0.717) is 44.7 Å². The Hall–Kier alpha value is -3.27.